The number of carbonyl (C=O) groups is 4. The molecule has 1 saturated heterocycles. The third kappa shape index (κ3) is 10.6. The lowest BCUT2D eigenvalue weighted by molar-refractivity contribution is -0.144. The maximum absolute atomic E-state index is 14.3. The van der Waals surface area contributed by atoms with Gasteiger partial charge in [-0.05, 0) is 39.6 Å². The van der Waals surface area contributed by atoms with Gasteiger partial charge in [0.25, 0.3) is 0 Å². The molecule has 0 spiro atoms. The normalized spacial score (nSPS) is 22.5. The van der Waals surface area contributed by atoms with Gasteiger partial charge in [0.15, 0.2) is 0 Å². The van der Waals surface area contributed by atoms with E-state index in [1.807, 2.05) is 71.9 Å². The Kier molecular flexibility index (Phi) is 12.7. The fourth-order valence-corrected chi connectivity index (χ4v) is 7.18. The van der Waals surface area contributed by atoms with Crippen LogP contribution < -0.4 is 26.0 Å². The summed E-state index contributed by atoms with van der Waals surface area (Å²) in [7, 11) is -3.54. The molecule has 2 aliphatic rings. The molecule has 50 heavy (non-hydrogen) atoms. The molecule has 0 bridgehead atoms. The van der Waals surface area contributed by atoms with E-state index in [1.54, 1.807) is 20.8 Å². The van der Waals surface area contributed by atoms with E-state index in [1.165, 1.54) is 4.90 Å². The quantitative estimate of drug-likeness (QED) is 0.198. The maximum atomic E-state index is 14.3. The maximum Gasteiger partial charge on any atom is 0.315 e. The molecule has 0 radical (unpaired) electrons. The molecule has 1 saturated carbocycles. The van der Waals surface area contributed by atoms with E-state index in [2.05, 4.69) is 26.0 Å². The van der Waals surface area contributed by atoms with Gasteiger partial charge in [-0.15, -0.1) is 0 Å². The molecule has 3 rings (SSSR count). The fourth-order valence-electron chi connectivity index (χ4n) is 6.71. The van der Waals surface area contributed by atoms with Crippen LogP contribution in [-0.4, -0.2) is 93.6 Å². The van der Waals surface area contributed by atoms with E-state index in [9.17, 15) is 36.4 Å². The van der Waals surface area contributed by atoms with Crippen LogP contribution in [0.15, 0.2) is 30.3 Å². The van der Waals surface area contributed by atoms with Gasteiger partial charge in [-0.1, -0.05) is 92.6 Å². The number of nitrogens with one attached hydrogen (secondary N) is 5. The molecule has 1 aromatic rings. The number of hydrogen-bond acceptors (Lipinski definition) is 6. The van der Waals surface area contributed by atoms with E-state index in [0.29, 0.717) is 0 Å². The number of rotatable bonds is 14. The van der Waals surface area contributed by atoms with Gasteiger partial charge in [0.2, 0.25) is 34.2 Å². The molecule has 0 aromatic heterocycles. The largest absolute Gasteiger partial charge is 0.354 e. The predicted molar refractivity (Wildman–Crippen MR) is 188 cm³/mol. The van der Waals surface area contributed by atoms with E-state index in [4.69, 9.17) is 0 Å². The Bertz CT molecular complexity index is 1490. The minimum atomic E-state index is -3.54. The number of nitrogens with zero attached hydrogens (tertiary/aromatic N) is 1. The van der Waals surface area contributed by atoms with Crippen LogP contribution in [0.2, 0.25) is 0 Å². The number of fused-ring (bicyclic) bond motifs is 1. The number of urea groups is 1. The summed E-state index contributed by atoms with van der Waals surface area (Å²) >= 11 is 0. The zero-order valence-electron chi connectivity index (χ0n) is 30.9. The lowest BCUT2D eigenvalue weighted by atomic mass is 9.85. The summed E-state index contributed by atoms with van der Waals surface area (Å²) in [5.74, 6) is -2.39. The standard InChI is InChI=1S/C35H56F2N6O6S/c1-20(21-14-12-11-13-15-21)17-38-29(44)23(16-25(36)37)40-30(45)27-26-22(35(26,8)9)19-43(27)31(46)28(34(5,6)7)42-32(47)41-24(33(2,3)4)18-39-50(10,48)49/h11-15,20,22-28,39H,16-19H2,1-10H3,(H,38,44)(H,40,45)(H2,41,42,47)/t20?,22-,23-,24+,26-,27-,28+/m0/s1. The Morgan fingerprint density at radius 1 is 0.940 bits per heavy atom. The van der Waals surface area contributed by atoms with Crippen molar-refractivity contribution in [1.82, 2.24) is 30.9 Å². The Balaban J connectivity index is 1.80. The summed E-state index contributed by atoms with van der Waals surface area (Å²) in [6.07, 6.45) is -2.75. The van der Waals surface area contributed by atoms with Crippen molar-refractivity contribution in [2.75, 3.05) is 25.9 Å². The minimum Gasteiger partial charge on any atom is -0.354 e. The van der Waals surface area contributed by atoms with E-state index < -0.39 is 81.6 Å². The zero-order chi connectivity index (χ0) is 38.0. The summed E-state index contributed by atoms with van der Waals surface area (Å²) < 4.78 is 53.3. The molecule has 5 amide bonds. The molecule has 1 heterocycles. The average molecular weight is 727 g/mol. The van der Waals surface area contributed by atoms with Crippen molar-refractivity contribution in [1.29, 1.82) is 0 Å². The Morgan fingerprint density at radius 3 is 2.06 bits per heavy atom. The molecule has 282 valence electrons. The predicted octanol–water partition coefficient (Wildman–Crippen LogP) is 3.21. The van der Waals surface area contributed by atoms with Crippen LogP contribution in [0.1, 0.15) is 80.2 Å². The number of benzene rings is 1. The first-order valence-electron chi connectivity index (χ1n) is 17.1. The summed E-state index contributed by atoms with van der Waals surface area (Å²) in [6, 6.07) is 4.38. The van der Waals surface area contributed by atoms with Crippen molar-refractivity contribution < 1.29 is 36.4 Å². The van der Waals surface area contributed by atoms with Gasteiger partial charge in [-0.2, -0.15) is 0 Å². The second kappa shape index (κ2) is 15.5. The third-order valence-electron chi connectivity index (χ3n) is 10.0. The topological polar surface area (TPSA) is 166 Å². The zero-order valence-corrected chi connectivity index (χ0v) is 31.7. The van der Waals surface area contributed by atoms with Crippen LogP contribution in [0, 0.1) is 28.1 Å². The van der Waals surface area contributed by atoms with Gasteiger partial charge in [-0.25, -0.2) is 26.7 Å². The van der Waals surface area contributed by atoms with Crippen molar-refractivity contribution in [3.05, 3.63) is 35.9 Å². The molecule has 2 fully saturated rings. The summed E-state index contributed by atoms with van der Waals surface area (Å²) in [5.41, 5.74) is -0.728. The van der Waals surface area contributed by atoms with Gasteiger partial charge < -0.3 is 26.2 Å². The lowest BCUT2D eigenvalue weighted by Crippen LogP contribution is -2.62. The third-order valence-corrected chi connectivity index (χ3v) is 10.7. The molecule has 1 aliphatic heterocycles. The van der Waals surface area contributed by atoms with E-state index in [0.717, 1.165) is 11.8 Å². The number of piperidine rings is 1. The van der Waals surface area contributed by atoms with Crippen LogP contribution in [0.3, 0.4) is 0 Å². The summed E-state index contributed by atoms with van der Waals surface area (Å²) in [5, 5.41) is 10.8. The lowest BCUT2D eigenvalue weighted by Gasteiger charge is -2.38. The van der Waals surface area contributed by atoms with Crippen molar-refractivity contribution in [2.24, 2.45) is 28.1 Å². The molecular formula is C35H56F2N6O6S. The second-order valence-corrected chi connectivity index (χ2v) is 18.4. The highest BCUT2D eigenvalue weighted by Crippen LogP contribution is 2.65. The molecule has 5 N–H and O–H groups in total. The molecule has 1 aromatic carbocycles. The minimum absolute atomic E-state index is 0.0434. The van der Waals surface area contributed by atoms with Gasteiger partial charge in [0.1, 0.15) is 18.1 Å². The van der Waals surface area contributed by atoms with E-state index in [-0.39, 0.29) is 42.8 Å². The van der Waals surface area contributed by atoms with E-state index >= 15 is 0 Å². The van der Waals surface area contributed by atoms with Gasteiger partial charge in [0, 0.05) is 32.1 Å². The molecule has 15 heteroatoms. The van der Waals surface area contributed by atoms with Crippen LogP contribution in [-0.2, 0) is 24.4 Å². The highest BCUT2D eigenvalue weighted by atomic mass is 32.2. The average Bonchev–Trinajstić information content (AvgIpc) is 3.30. The number of likely N-dealkylation sites (tertiary alicyclic amines) is 1. The summed E-state index contributed by atoms with van der Waals surface area (Å²) in [4.78, 5) is 56.2. The van der Waals surface area contributed by atoms with Crippen LogP contribution >= 0.6 is 0 Å². The fraction of sp³-hybridized carbons (Fsp3) is 0.714. The highest BCUT2D eigenvalue weighted by Gasteiger charge is 2.70. The first kappa shape index (κ1) is 41.1. The first-order valence-corrected chi connectivity index (χ1v) is 19.0. The number of sulfonamides is 1. The highest BCUT2D eigenvalue weighted by molar-refractivity contribution is 7.88. The number of carbonyl (C=O) groups excluding carboxylic acids is 4. The molecular weight excluding hydrogens is 670 g/mol. The van der Waals surface area contributed by atoms with Gasteiger partial charge in [0.05, 0.1) is 6.26 Å². The smallest absolute Gasteiger partial charge is 0.315 e. The van der Waals surface area contributed by atoms with Gasteiger partial charge >= 0.3 is 6.03 Å². The van der Waals surface area contributed by atoms with Crippen LogP contribution in [0.25, 0.3) is 0 Å². The first-order chi connectivity index (χ1) is 22.8. The Morgan fingerprint density at radius 2 is 1.54 bits per heavy atom. The summed E-state index contributed by atoms with van der Waals surface area (Å²) in [6.45, 7) is 16.9. The Labute approximate surface area is 295 Å². The molecule has 12 nitrogen and oxygen atoms in total. The van der Waals surface area contributed by atoms with Crippen LogP contribution in [0.5, 0.6) is 0 Å². The second-order valence-electron chi connectivity index (χ2n) is 16.6. The van der Waals surface area contributed by atoms with Gasteiger partial charge in [-0.3, -0.25) is 14.4 Å². The van der Waals surface area contributed by atoms with Crippen molar-refractivity contribution >= 4 is 33.8 Å². The van der Waals surface area contributed by atoms with Crippen molar-refractivity contribution in [3.63, 3.8) is 0 Å². The van der Waals surface area contributed by atoms with Crippen LogP contribution in [0.4, 0.5) is 13.6 Å². The number of alkyl halides is 2. The molecule has 1 aliphatic carbocycles. The molecule has 1 unspecified atom stereocenters. The SMILES string of the molecule is CC(CNC(=O)[C@H](CC(F)F)NC(=O)[C@@H]1[C@@H]2[C@H](CN1C(=O)[C@@H](NC(=O)N[C@H](CNS(C)(=O)=O)C(C)(C)C)C(C)(C)C)C2(C)C)c1ccccc1. The monoisotopic (exact) mass is 726 g/mol. The number of amides is 5. The Hall–Kier alpha value is -3.33. The molecule has 7 atom stereocenters. The van der Waals surface area contributed by atoms with Crippen molar-refractivity contribution in [3.8, 4) is 0 Å². The number of hydrogen-bond donors (Lipinski definition) is 5. The van der Waals surface area contributed by atoms with Crippen molar-refractivity contribution in [2.45, 2.75) is 105 Å². The number of halogens is 2.